The Labute approximate surface area is 159 Å². The lowest BCUT2D eigenvalue weighted by molar-refractivity contribution is -0.387. The van der Waals surface area contributed by atoms with Gasteiger partial charge in [0.2, 0.25) is 0 Å². The molecule has 0 aliphatic rings. The van der Waals surface area contributed by atoms with Gasteiger partial charge in [0.15, 0.2) is 15.9 Å². The van der Waals surface area contributed by atoms with Crippen molar-refractivity contribution in [2.24, 2.45) is 0 Å². The summed E-state index contributed by atoms with van der Waals surface area (Å²) in [6.45, 7) is 1.26. The second kappa shape index (κ2) is 8.13. The zero-order valence-corrected chi connectivity index (χ0v) is 15.5. The maximum atomic E-state index is 13.1. The van der Waals surface area contributed by atoms with Gasteiger partial charge in [0.25, 0.3) is 11.6 Å². The molecule has 0 saturated heterocycles. The van der Waals surface area contributed by atoms with Crippen molar-refractivity contribution in [3.63, 3.8) is 0 Å². The molecule has 0 spiro atoms. The van der Waals surface area contributed by atoms with E-state index in [2.05, 4.69) is 5.32 Å². The summed E-state index contributed by atoms with van der Waals surface area (Å²) in [4.78, 5) is 33.8. The number of hydrogen-bond donors (Lipinski definition) is 1. The van der Waals surface area contributed by atoms with Gasteiger partial charge in [-0.1, -0.05) is 6.07 Å². The molecule has 11 heteroatoms. The van der Waals surface area contributed by atoms with Crippen LogP contribution in [0.3, 0.4) is 0 Å². The number of nitrogens with one attached hydrogen (secondary N) is 1. The van der Waals surface area contributed by atoms with E-state index in [1.807, 2.05) is 0 Å². The van der Waals surface area contributed by atoms with E-state index < -0.39 is 49.1 Å². The van der Waals surface area contributed by atoms with Crippen molar-refractivity contribution in [2.45, 2.75) is 17.9 Å². The number of rotatable bonds is 6. The molecule has 0 radical (unpaired) electrons. The smallest absolute Gasteiger partial charge is 0.339 e. The minimum absolute atomic E-state index is 0.154. The van der Waals surface area contributed by atoms with Gasteiger partial charge in [-0.3, -0.25) is 14.9 Å². The lowest BCUT2D eigenvalue weighted by Crippen LogP contribution is -2.30. The third-order valence-electron chi connectivity index (χ3n) is 3.54. The first-order valence-electron chi connectivity index (χ1n) is 7.75. The fourth-order valence-corrected chi connectivity index (χ4v) is 3.02. The van der Waals surface area contributed by atoms with Crippen LogP contribution in [0.4, 0.5) is 15.8 Å². The van der Waals surface area contributed by atoms with Crippen LogP contribution in [-0.4, -0.2) is 37.6 Å². The summed E-state index contributed by atoms with van der Waals surface area (Å²) in [5.74, 6) is -2.38. The molecule has 0 aliphatic heterocycles. The number of nitro benzene ring substituents is 1. The quantitative estimate of drug-likeness (QED) is 0.439. The highest BCUT2D eigenvalue weighted by molar-refractivity contribution is 7.90. The Kier molecular flexibility index (Phi) is 6.09. The van der Waals surface area contributed by atoms with Crippen molar-refractivity contribution in [1.82, 2.24) is 0 Å². The molecule has 0 fully saturated rings. The van der Waals surface area contributed by atoms with E-state index in [1.165, 1.54) is 25.1 Å². The minimum atomic E-state index is -3.88. The van der Waals surface area contributed by atoms with E-state index in [4.69, 9.17) is 4.74 Å². The standard InChI is InChI=1S/C17H15FN2O7S/c1-10(16(21)19-13-5-3-4-12(18)9-13)27-17(22)11-6-7-15(28(2,25)26)14(8-11)20(23)24/h3-10H,1-2H3,(H,19,21)/t10-/m0/s1. The molecular formula is C17H15FN2O7S. The molecule has 0 heterocycles. The highest BCUT2D eigenvalue weighted by Gasteiger charge is 2.26. The van der Waals surface area contributed by atoms with Crippen molar-refractivity contribution < 1.29 is 32.1 Å². The number of anilines is 1. The summed E-state index contributed by atoms with van der Waals surface area (Å²) >= 11 is 0. The van der Waals surface area contributed by atoms with E-state index in [1.54, 1.807) is 0 Å². The summed E-state index contributed by atoms with van der Waals surface area (Å²) in [7, 11) is -3.88. The van der Waals surface area contributed by atoms with Gasteiger partial charge in [0, 0.05) is 18.0 Å². The third-order valence-corrected chi connectivity index (χ3v) is 4.68. The predicted octanol–water partition coefficient (Wildman–Crippen LogP) is 2.32. The molecule has 2 aromatic rings. The number of hydrogen-bond acceptors (Lipinski definition) is 7. The number of esters is 1. The predicted molar refractivity (Wildman–Crippen MR) is 96.1 cm³/mol. The van der Waals surface area contributed by atoms with Crippen molar-refractivity contribution in [2.75, 3.05) is 11.6 Å². The first-order valence-corrected chi connectivity index (χ1v) is 9.64. The summed E-state index contributed by atoms with van der Waals surface area (Å²) in [6.07, 6.45) is -0.504. The van der Waals surface area contributed by atoms with E-state index >= 15 is 0 Å². The van der Waals surface area contributed by atoms with Gasteiger partial charge in [-0.15, -0.1) is 0 Å². The van der Waals surface area contributed by atoms with Crippen LogP contribution in [0.1, 0.15) is 17.3 Å². The zero-order chi connectivity index (χ0) is 21.1. The second-order valence-electron chi connectivity index (χ2n) is 5.76. The highest BCUT2D eigenvalue weighted by atomic mass is 32.2. The molecule has 0 unspecified atom stereocenters. The van der Waals surface area contributed by atoms with Crippen molar-refractivity contribution in [3.8, 4) is 0 Å². The van der Waals surface area contributed by atoms with Crippen LogP contribution in [0.15, 0.2) is 47.4 Å². The van der Waals surface area contributed by atoms with Crippen LogP contribution >= 0.6 is 0 Å². The number of nitrogens with zero attached hydrogens (tertiary/aromatic N) is 1. The molecular weight excluding hydrogens is 395 g/mol. The normalized spacial score (nSPS) is 12.1. The van der Waals surface area contributed by atoms with Crippen LogP contribution in [0.25, 0.3) is 0 Å². The van der Waals surface area contributed by atoms with Gasteiger partial charge in [-0.25, -0.2) is 17.6 Å². The maximum absolute atomic E-state index is 13.1. The van der Waals surface area contributed by atoms with E-state index in [0.29, 0.717) is 0 Å². The Morgan fingerprint density at radius 2 is 1.89 bits per heavy atom. The molecule has 1 atom stereocenters. The molecule has 9 nitrogen and oxygen atoms in total. The van der Waals surface area contributed by atoms with Crippen LogP contribution in [-0.2, 0) is 19.4 Å². The Morgan fingerprint density at radius 1 is 1.21 bits per heavy atom. The fraction of sp³-hybridized carbons (Fsp3) is 0.176. The van der Waals surface area contributed by atoms with Crippen LogP contribution < -0.4 is 5.32 Å². The van der Waals surface area contributed by atoms with E-state index in [9.17, 15) is 32.5 Å². The molecule has 2 aromatic carbocycles. The minimum Gasteiger partial charge on any atom is -0.449 e. The van der Waals surface area contributed by atoms with Gasteiger partial charge in [0.05, 0.1) is 10.5 Å². The molecule has 28 heavy (non-hydrogen) atoms. The lowest BCUT2D eigenvalue weighted by atomic mass is 10.2. The molecule has 1 amide bonds. The number of carbonyl (C=O) groups is 2. The van der Waals surface area contributed by atoms with Gasteiger partial charge < -0.3 is 10.1 Å². The van der Waals surface area contributed by atoms with Crippen LogP contribution in [0.5, 0.6) is 0 Å². The van der Waals surface area contributed by atoms with Gasteiger partial charge in [-0.2, -0.15) is 0 Å². The summed E-state index contributed by atoms with van der Waals surface area (Å²) in [6, 6.07) is 7.79. The first kappa shape index (κ1) is 21.0. The van der Waals surface area contributed by atoms with Gasteiger partial charge >= 0.3 is 5.97 Å². The van der Waals surface area contributed by atoms with Crippen molar-refractivity contribution >= 4 is 33.1 Å². The van der Waals surface area contributed by atoms with Crippen molar-refractivity contribution in [3.05, 3.63) is 64.0 Å². The third kappa shape index (κ3) is 5.10. The summed E-state index contributed by atoms with van der Waals surface area (Å²) in [5, 5.41) is 13.5. The largest absolute Gasteiger partial charge is 0.449 e. The molecule has 0 aromatic heterocycles. The number of ether oxygens (including phenoxy) is 1. The van der Waals surface area contributed by atoms with E-state index in [-0.39, 0.29) is 11.3 Å². The van der Waals surface area contributed by atoms with Crippen LogP contribution in [0.2, 0.25) is 0 Å². The first-order chi connectivity index (χ1) is 13.0. The van der Waals surface area contributed by atoms with Gasteiger partial charge in [-0.05, 0) is 37.3 Å². The van der Waals surface area contributed by atoms with Crippen LogP contribution in [0, 0.1) is 15.9 Å². The Balaban J connectivity index is 2.16. The monoisotopic (exact) mass is 410 g/mol. The molecule has 0 saturated carbocycles. The van der Waals surface area contributed by atoms with E-state index in [0.717, 1.165) is 30.5 Å². The number of benzene rings is 2. The second-order valence-corrected chi connectivity index (χ2v) is 7.74. The maximum Gasteiger partial charge on any atom is 0.339 e. The molecule has 1 N–H and O–H groups in total. The molecule has 0 aliphatic carbocycles. The highest BCUT2D eigenvalue weighted by Crippen LogP contribution is 2.25. The average molecular weight is 410 g/mol. The van der Waals surface area contributed by atoms with Gasteiger partial charge in [0.1, 0.15) is 10.7 Å². The number of amides is 1. The number of halogens is 1. The Hall–Kier alpha value is -3.34. The summed E-state index contributed by atoms with van der Waals surface area (Å²) in [5.41, 5.74) is -0.931. The SMILES string of the molecule is C[C@H](OC(=O)c1ccc(S(C)(=O)=O)c([N+](=O)[O-])c1)C(=O)Nc1cccc(F)c1. The lowest BCUT2D eigenvalue weighted by Gasteiger charge is -2.14. The average Bonchev–Trinajstić information content (AvgIpc) is 2.60. The fourth-order valence-electron chi connectivity index (χ4n) is 2.19. The molecule has 2 rings (SSSR count). The van der Waals surface area contributed by atoms with Crippen molar-refractivity contribution in [1.29, 1.82) is 0 Å². The number of carbonyl (C=O) groups excluding carboxylic acids is 2. The Morgan fingerprint density at radius 3 is 2.46 bits per heavy atom. The topological polar surface area (TPSA) is 133 Å². The zero-order valence-electron chi connectivity index (χ0n) is 14.7. The number of sulfone groups is 1. The summed E-state index contributed by atoms with van der Waals surface area (Å²) < 4.78 is 41.3. The molecule has 148 valence electrons. The number of nitro groups is 1. The Bertz CT molecular complexity index is 1050. The molecule has 0 bridgehead atoms.